The van der Waals surface area contributed by atoms with Gasteiger partial charge in [0.05, 0.1) is 6.07 Å². The number of benzene rings is 2. The van der Waals surface area contributed by atoms with Crippen molar-refractivity contribution in [3.63, 3.8) is 0 Å². The van der Waals surface area contributed by atoms with Gasteiger partial charge >= 0.3 is 0 Å². The summed E-state index contributed by atoms with van der Waals surface area (Å²) in [6.45, 7) is 0.777. The lowest BCUT2D eigenvalue weighted by Crippen LogP contribution is -2.25. The number of rotatable bonds is 5. The Bertz CT molecular complexity index is 572. The molecule has 0 saturated carbocycles. The summed E-state index contributed by atoms with van der Waals surface area (Å²) in [4.78, 5) is 1.99. The van der Waals surface area contributed by atoms with Crippen LogP contribution < -0.4 is 0 Å². The SMILES string of the molecule is CN(CCc1ccccc1)C(C#N)c1ccc(F)cc1. The summed E-state index contributed by atoms with van der Waals surface area (Å²) in [5, 5.41) is 9.33. The van der Waals surface area contributed by atoms with E-state index in [4.69, 9.17) is 0 Å². The molecule has 2 rings (SSSR count). The minimum Gasteiger partial charge on any atom is -0.287 e. The summed E-state index contributed by atoms with van der Waals surface area (Å²) in [6.07, 6.45) is 0.886. The van der Waals surface area contributed by atoms with Gasteiger partial charge in [0.1, 0.15) is 11.9 Å². The second-order valence-corrected chi connectivity index (χ2v) is 4.80. The smallest absolute Gasteiger partial charge is 0.123 e. The van der Waals surface area contributed by atoms with Crippen molar-refractivity contribution < 1.29 is 4.39 Å². The van der Waals surface area contributed by atoms with Gasteiger partial charge in [-0.15, -0.1) is 0 Å². The van der Waals surface area contributed by atoms with Crippen molar-refractivity contribution in [2.75, 3.05) is 13.6 Å². The third-order valence-electron chi connectivity index (χ3n) is 3.34. The van der Waals surface area contributed by atoms with Crippen molar-refractivity contribution in [1.82, 2.24) is 4.90 Å². The van der Waals surface area contributed by atoms with E-state index in [0.717, 1.165) is 18.5 Å². The molecular formula is C17H17FN2. The zero-order valence-electron chi connectivity index (χ0n) is 11.5. The Morgan fingerprint density at radius 3 is 2.35 bits per heavy atom. The minimum absolute atomic E-state index is 0.280. The van der Waals surface area contributed by atoms with Crippen LogP contribution in [0.3, 0.4) is 0 Å². The van der Waals surface area contributed by atoms with E-state index in [1.54, 1.807) is 12.1 Å². The van der Waals surface area contributed by atoms with Crippen LogP contribution in [0.4, 0.5) is 4.39 Å². The molecule has 0 aliphatic carbocycles. The predicted molar refractivity (Wildman–Crippen MR) is 77.5 cm³/mol. The molecular weight excluding hydrogens is 251 g/mol. The number of hydrogen-bond acceptors (Lipinski definition) is 2. The highest BCUT2D eigenvalue weighted by Gasteiger charge is 2.16. The molecule has 0 aliphatic heterocycles. The van der Waals surface area contributed by atoms with E-state index in [1.165, 1.54) is 17.7 Å². The maximum Gasteiger partial charge on any atom is 0.123 e. The first kappa shape index (κ1) is 14.2. The predicted octanol–water partition coefficient (Wildman–Crippen LogP) is 3.56. The molecule has 0 aromatic heterocycles. The van der Waals surface area contributed by atoms with Crippen molar-refractivity contribution >= 4 is 0 Å². The largest absolute Gasteiger partial charge is 0.287 e. The van der Waals surface area contributed by atoms with Gasteiger partial charge in [-0.2, -0.15) is 5.26 Å². The summed E-state index contributed by atoms with van der Waals surface area (Å²) >= 11 is 0. The number of likely N-dealkylation sites (N-methyl/N-ethyl adjacent to an activating group) is 1. The molecule has 0 N–H and O–H groups in total. The second-order valence-electron chi connectivity index (χ2n) is 4.80. The van der Waals surface area contributed by atoms with Crippen LogP contribution in [0.5, 0.6) is 0 Å². The Morgan fingerprint density at radius 1 is 1.10 bits per heavy atom. The highest BCUT2D eigenvalue weighted by molar-refractivity contribution is 5.24. The van der Waals surface area contributed by atoms with E-state index in [0.29, 0.717) is 0 Å². The lowest BCUT2D eigenvalue weighted by atomic mass is 10.1. The van der Waals surface area contributed by atoms with Crippen molar-refractivity contribution in [3.8, 4) is 6.07 Å². The zero-order valence-corrected chi connectivity index (χ0v) is 11.5. The number of hydrogen-bond donors (Lipinski definition) is 0. The molecule has 2 nitrogen and oxygen atoms in total. The molecule has 102 valence electrons. The Labute approximate surface area is 119 Å². The number of nitrogens with zero attached hydrogens (tertiary/aromatic N) is 2. The highest BCUT2D eigenvalue weighted by atomic mass is 19.1. The molecule has 0 fully saturated rings. The van der Waals surface area contributed by atoms with Crippen LogP contribution in [-0.4, -0.2) is 18.5 Å². The van der Waals surface area contributed by atoms with Crippen molar-refractivity contribution in [3.05, 3.63) is 71.5 Å². The Balaban J connectivity index is 2.01. The molecule has 0 aliphatic rings. The third kappa shape index (κ3) is 3.66. The van der Waals surface area contributed by atoms with Crippen LogP contribution in [-0.2, 0) is 6.42 Å². The summed E-state index contributed by atoms with van der Waals surface area (Å²) < 4.78 is 12.9. The molecule has 0 amide bonds. The molecule has 3 heteroatoms. The van der Waals surface area contributed by atoms with E-state index < -0.39 is 0 Å². The Morgan fingerprint density at radius 2 is 1.75 bits per heavy atom. The summed E-state index contributed by atoms with van der Waals surface area (Å²) in [7, 11) is 1.92. The lowest BCUT2D eigenvalue weighted by Gasteiger charge is -2.22. The number of halogens is 1. The Hall–Kier alpha value is -2.18. The fourth-order valence-corrected chi connectivity index (χ4v) is 2.15. The van der Waals surface area contributed by atoms with E-state index >= 15 is 0 Å². The maximum absolute atomic E-state index is 12.9. The van der Waals surface area contributed by atoms with Gasteiger partial charge in [-0.3, -0.25) is 4.90 Å². The summed E-state index contributed by atoms with van der Waals surface area (Å²) in [5.74, 6) is -0.280. The molecule has 0 saturated heterocycles. The average Bonchev–Trinajstić information content (AvgIpc) is 2.49. The second kappa shape index (κ2) is 6.83. The highest BCUT2D eigenvalue weighted by Crippen LogP contribution is 2.19. The summed E-state index contributed by atoms with van der Waals surface area (Å²) in [6, 6.07) is 18.2. The van der Waals surface area contributed by atoms with Crippen molar-refractivity contribution in [2.45, 2.75) is 12.5 Å². The molecule has 1 atom stereocenters. The molecule has 2 aromatic rings. The van der Waals surface area contributed by atoms with E-state index in [-0.39, 0.29) is 11.9 Å². The van der Waals surface area contributed by atoms with Gasteiger partial charge in [-0.05, 0) is 36.7 Å². The van der Waals surface area contributed by atoms with Gasteiger partial charge in [-0.25, -0.2) is 4.39 Å². The van der Waals surface area contributed by atoms with E-state index in [9.17, 15) is 9.65 Å². The van der Waals surface area contributed by atoms with Crippen LogP contribution in [0.15, 0.2) is 54.6 Å². The van der Waals surface area contributed by atoms with Gasteiger partial charge < -0.3 is 0 Å². The van der Waals surface area contributed by atoms with Crippen molar-refractivity contribution in [2.24, 2.45) is 0 Å². The van der Waals surface area contributed by atoms with Crippen LogP contribution in [0, 0.1) is 17.1 Å². The molecule has 0 heterocycles. The third-order valence-corrected chi connectivity index (χ3v) is 3.34. The van der Waals surface area contributed by atoms with E-state index in [1.807, 2.05) is 30.1 Å². The quantitative estimate of drug-likeness (QED) is 0.829. The van der Waals surface area contributed by atoms with Crippen LogP contribution in [0.25, 0.3) is 0 Å². The lowest BCUT2D eigenvalue weighted by molar-refractivity contribution is 0.295. The molecule has 0 spiro atoms. The first-order valence-electron chi connectivity index (χ1n) is 6.60. The summed E-state index contributed by atoms with van der Waals surface area (Å²) in [5.41, 5.74) is 2.07. The average molecular weight is 268 g/mol. The van der Waals surface area contributed by atoms with Gasteiger partial charge in [-0.1, -0.05) is 42.5 Å². The van der Waals surface area contributed by atoms with Crippen LogP contribution >= 0.6 is 0 Å². The fraction of sp³-hybridized carbons (Fsp3) is 0.235. The minimum atomic E-state index is -0.348. The normalized spacial score (nSPS) is 12.1. The van der Waals surface area contributed by atoms with Gasteiger partial charge in [0.25, 0.3) is 0 Å². The first-order valence-corrected chi connectivity index (χ1v) is 6.60. The number of nitriles is 1. The first-order chi connectivity index (χ1) is 9.70. The standard InChI is InChI=1S/C17H17FN2/c1-20(12-11-14-5-3-2-4-6-14)17(13-19)15-7-9-16(18)10-8-15/h2-10,17H,11-12H2,1H3. The maximum atomic E-state index is 12.9. The van der Waals surface area contributed by atoms with Crippen LogP contribution in [0.1, 0.15) is 17.2 Å². The van der Waals surface area contributed by atoms with Gasteiger partial charge in [0, 0.05) is 6.54 Å². The molecule has 0 bridgehead atoms. The molecule has 2 aromatic carbocycles. The topological polar surface area (TPSA) is 27.0 Å². The van der Waals surface area contributed by atoms with Crippen molar-refractivity contribution in [1.29, 1.82) is 5.26 Å². The zero-order chi connectivity index (χ0) is 14.4. The van der Waals surface area contributed by atoms with Gasteiger partial charge in [0.15, 0.2) is 0 Å². The van der Waals surface area contributed by atoms with Crippen LogP contribution in [0.2, 0.25) is 0 Å². The Kier molecular flexibility index (Phi) is 4.86. The fourth-order valence-electron chi connectivity index (χ4n) is 2.15. The van der Waals surface area contributed by atoms with E-state index in [2.05, 4.69) is 18.2 Å². The van der Waals surface area contributed by atoms with Gasteiger partial charge in [0.2, 0.25) is 0 Å². The molecule has 20 heavy (non-hydrogen) atoms. The monoisotopic (exact) mass is 268 g/mol. The molecule has 1 unspecified atom stereocenters. The molecule has 0 radical (unpaired) electrons.